The lowest BCUT2D eigenvalue weighted by molar-refractivity contribution is -0.140. The van der Waals surface area contributed by atoms with Gasteiger partial charge in [0.25, 0.3) is 5.91 Å². The van der Waals surface area contributed by atoms with E-state index in [1.165, 1.54) is 12.0 Å². The molecule has 19 heavy (non-hydrogen) atoms. The van der Waals surface area contributed by atoms with Gasteiger partial charge in [-0.2, -0.15) is 0 Å². The summed E-state index contributed by atoms with van der Waals surface area (Å²) in [4.78, 5) is 24.4. The van der Waals surface area contributed by atoms with E-state index in [2.05, 4.69) is 4.74 Å². The first-order chi connectivity index (χ1) is 9.08. The Morgan fingerprint density at radius 2 is 2.05 bits per heavy atom. The molecule has 1 amide bonds. The molecule has 0 saturated carbocycles. The Balaban J connectivity index is 2.44. The van der Waals surface area contributed by atoms with Crippen molar-refractivity contribution in [1.82, 2.24) is 4.90 Å². The van der Waals surface area contributed by atoms with E-state index >= 15 is 0 Å². The molecule has 0 fully saturated rings. The van der Waals surface area contributed by atoms with Crippen molar-refractivity contribution in [2.45, 2.75) is 19.4 Å². The molecule has 0 spiro atoms. The first-order valence-electron chi connectivity index (χ1n) is 5.98. The quantitative estimate of drug-likeness (QED) is 0.701. The van der Waals surface area contributed by atoms with E-state index in [1.54, 1.807) is 26.3 Å². The fourth-order valence-corrected chi connectivity index (χ4v) is 1.56. The molecular weight excluding hydrogens is 250 g/mol. The molecular formula is C13H19NO5. The highest BCUT2D eigenvalue weighted by molar-refractivity contribution is 5.91. The number of hydrogen-bond acceptors (Lipinski definition) is 5. The van der Waals surface area contributed by atoms with Crippen molar-refractivity contribution in [3.8, 4) is 0 Å². The van der Waals surface area contributed by atoms with Crippen LogP contribution < -0.4 is 0 Å². The minimum Gasteiger partial charge on any atom is -0.469 e. The van der Waals surface area contributed by atoms with Gasteiger partial charge in [-0.1, -0.05) is 0 Å². The van der Waals surface area contributed by atoms with Crippen LogP contribution in [0.2, 0.25) is 0 Å². The maximum absolute atomic E-state index is 12.0. The van der Waals surface area contributed by atoms with Gasteiger partial charge in [-0.3, -0.25) is 9.59 Å². The van der Waals surface area contributed by atoms with Crippen molar-refractivity contribution in [3.05, 3.63) is 23.7 Å². The highest BCUT2D eigenvalue weighted by Crippen LogP contribution is 2.11. The zero-order valence-corrected chi connectivity index (χ0v) is 11.5. The molecule has 6 heteroatoms. The number of ether oxygens (including phenoxy) is 2. The molecule has 0 bridgehead atoms. The Kier molecular flexibility index (Phi) is 6.08. The SMILES string of the molecule is COCc1ccc(C(=O)N(C)CCCC(=O)OC)o1. The lowest BCUT2D eigenvalue weighted by atomic mass is 10.3. The van der Waals surface area contributed by atoms with Crippen LogP contribution in [0.5, 0.6) is 0 Å². The summed E-state index contributed by atoms with van der Waals surface area (Å²) >= 11 is 0. The smallest absolute Gasteiger partial charge is 0.305 e. The fourth-order valence-electron chi connectivity index (χ4n) is 1.56. The second-order valence-corrected chi connectivity index (χ2v) is 4.11. The largest absolute Gasteiger partial charge is 0.469 e. The molecule has 0 aliphatic carbocycles. The van der Waals surface area contributed by atoms with Crippen molar-refractivity contribution in [3.63, 3.8) is 0 Å². The molecule has 0 aliphatic heterocycles. The van der Waals surface area contributed by atoms with E-state index in [4.69, 9.17) is 9.15 Å². The van der Waals surface area contributed by atoms with Crippen molar-refractivity contribution >= 4 is 11.9 Å². The number of carbonyl (C=O) groups excluding carboxylic acids is 2. The number of esters is 1. The standard InChI is InChI=1S/C13H19NO5/c1-14(8-4-5-12(15)18-3)13(16)11-7-6-10(19-11)9-17-2/h6-7H,4-5,8-9H2,1-3H3. The Morgan fingerprint density at radius 3 is 2.68 bits per heavy atom. The second-order valence-electron chi connectivity index (χ2n) is 4.11. The molecule has 6 nitrogen and oxygen atoms in total. The number of furan rings is 1. The van der Waals surface area contributed by atoms with E-state index in [1.807, 2.05) is 0 Å². The van der Waals surface area contributed by atoms with Crippen LogP contribution in [0.3, 0.4) is 0 Å². The van der Waals surface area contributed by atoms with E-state index < -0.39 is 0 Å². The van der Waals surface area contributed by atoms with Crippen LogP contribution in [0.4, 0.5) is 0 Å². The van der Waals surface area contributed by atoms with Crippen molar-refractivity contribution in [1.29, 1.82) is 0 Å². The number of rotatable bonds is 7. The molecule has 1 aromatic rings. The topological polar surface area (TPSA) is 69.0 Å². The van der Waals surface area contributed by atoms with Gasteiger partial charge in [0.05, 0.1) is 7.11 Å². The molecule has 0 radical (unpaired) electrons. The van der Waals surface area contributed by atoms with Crippen LogP contribution in [-0.2, 0) is 20.9 Å². The molecule has 0 aromatic carbocycles. The molecule has 0 unspecified atom stereocenters. The lowest BCUT2D eigenvalue weighted by Crippen LogP contribution is -2.27. The molecule has 1 heterocycles. The zero-order valence-electron chi connectivity index (χ0n) is 11.5. The van der Waals surface area contributed by atoms with Crippen molar-refractivity contribution in [2.24, 2.45) is 0 Å². The van der Waals surface area contributed by atoms with Gasteiger partial charge in [-0.25, -0.2) is 0 Å². The Hall–Kier alpha value is -1.82. The summed E-state index contributed by atoms with van der Waals surface area (Å²) in [5.41, 5.74) is 0. The molecule has 0 saturated heterocycles. The van der Waals surface area contributed by atoms with E-state index in [0.717, 1.165) is 0 Å². The van der Waals surface area contributed by atoms with Crippen LogP contribution in [0.25, 0.3) is 0 Å². The minimum atomic E-state index is -0.277. The summed E-state index contributed by atoms with van der Waals surface area (Å²) in [6.45, 7) is 0.799. The molecule has 0 aliphatic rings. The van der Waals surface area contributed by atoms with Crippen LogP contribution >= 0.6 is 0 Å². The monoisotopic (exact) mass is 269 g/mol. The van der Waals surface area contributed by atoms with Crippen LogP contribution in [0, 0.1) is 0 Å². The highest BCUT2D eigenvalue weighted by atomic mass is 16.5. The number of nitrogens with zero attached hydrogens (tertiary/aromatic N) is 1. The first kappa shape index (κ1) is 15.2. The van der Waals surface area contributed by atoms with Gasteiger partial charge in [-0.15, -0.1) is 0 Å². The predicted molar refractivity (Wildman–Crippen MR) is 67.6 cm³/mol. The summed E-state index contributed by atoms with van der Waals surface area (Å²) in [6.07, 6.45) is 0.849. The Morgan fingerprint density at radius 1 is 1.32 bits per heavy atom. The predicted octanol–water partition coefficient (Wildman–Crippen LogP) is 1.45. The third-order valence-corrected chi connectivity index (χ3v) is 2.61. The molecule has 106 valence electrons. The van der Waals surface area contributed by atoms with Crippen LogP contribution in [-0.4, -0.2) is 44.6 Å². The van der Waals surface area contributed by atoms with Gasteiger partial charge in [0.2, 0.25) is 0 Å². The normalized spacial score (nSPS) is 10.3. The summed E-state index contributed by atoms with van der Waals surface area (Å²) in [6, 6.07) is 3.33. The average molecular weight is 269 g/mol. The zero-order chi connectivity index (χ0) is 14.3. The van der Waals surface area contributed by atoms with Gasteiger partial charge in [0.15, 0.2) is 5.76 Å². The number of hydrogen-bond donors (Lipinski definition) is 0. The molecule has 1 aromatic heterocycles. The van der Waals surface area contributed by atoms with Gasteiger partial charge in [0.1, 0.15) is 12.4 Å². The summed E-state index contributed by atoms with van der Waals surface area (Å²) in [5.74, 6) is 0.384. The van der Waals surface area contributed by atoms with E-state index in [9.17, 15) is 9.59 Å². The van der Waals surface area contributed by atoms with Gasteiger partial charge < -0.3 is 18.8 Å². The maximum atomic E-state index is 12.0. The first-order valence-corrected chi connectivity index (χ1v) is 5.98. The molecule has 0 N–H and O–H groups in total. The highest BCUT2D eigenvalue weighted by Gasteiger charge is 2.16. The van der Waals surface area contributed by atoms with Crippen LogP contribution in [0.1, 0.15) is 29.2 Å². The van der Waals surface area contributed by atoms with Crippen LogP contribution in [0.15, 0.2) is 16.5 Å². The fraction of sp³-hybridized carbons (Fsp3) is 0.538. The number of methoxy groups -OCH3 is 2. The molecule has 1 rings (SSSR count). The van der Waals surface area contributed by atoms with Gasteiger partial charge in [-0.05, 0) is 18.6 Å². The van der Waals surface area contributed by atoms with Gasteiger partial charge in [0, 0.05) is 27.1 Å². The summed E-state index contributed by atoms with van der Waals surface area (Å²) < 4.78 is 14.8. The summed E-state index contributed by atoms with van der Waals surface area (Å²) in [7, 11) is 4.57. The third-order valence-electron chi connectivity index (χ3n) is 2.61. The lowest BCUT2D eigenvalue weighted by Gasteiger charge is -2.15. The Bertz CT molecular complexity index is 426. The number of carbonyl (C=O) groups is 2. The summed E-state index contributed by atoms with van der Waals surface area (Å²) in [5, 5.41) is 0. The maximum Gasteiger partial charge on any atom is 0.305 e. The van der Waals surface area contributed by atoms with Crippen molar-refractivity contribution in [2.75, 3.05) is 27.8 Å². The average Bonchev–Trinajstić information content (AvgIpc) is 2.86. The Labute approximate surface area is 112 Å². The minimum absolute atomic E-state index is 0.216. The second kappa shape index (κ2) is 7.58. The van der Waals surface area contributed by atoms with E-state index in [0.29, 0.717) is 31.8 Å². The van der Waals surface area contributed by atoms with E-state index in [-0.39, 0.29) is 17.6 Å². The third kappa shape index (κ3) is 4.75. The molecule has 0 atom stereocenters. The number of amides is 1. The van der Waals surface area contributed by atoms with Crippen molar-refractivity contribution < 1.29 is 23.5 Å². The van der Waals surface area contributed by atoms with Gasteiger partial charge >= 0.3 is 5.97 Å².